The summed E-state index contributed by atoms with van der Waals surface area (Å²) in [5.41, 5.74) is 1.82. The lowest BCUT2D eigenvalue weighted by atomic mass is 9.79. The second-order valence-electron chi connectivity index (χ2n) is 9.03. The number of piperidine rings is 2. The SMILES string of the molecule is O=C(Nc1cccc(F)c1)O[C@@H]1C[C@H]2C[C@@H]1[C@H]1CCCCN1[C@H]2Cc1ccccc1. The van der Waals surface area contributed by atoms with E-state index in [0.29, 0.717) is 29.6 Å². The van der Waals surface area contributed by atoms with Crippen LogP contribution in [0.1, 0.15) is 37.7 Å². The van der Waals surface area contributed by atoms with Gasteiger partial charge in [-0.25, -0.2) is 9.18 Å². The molecule has 4 nitrogen and oxygen atoms in total. The molecule has 2 saturated heterocycles. The smallest absolute Gasteiger partial charge is 0.411 e. The number of rotatable bonds is 4. The minimum Gasteiger partial charge on any atom is -0.446 e. The molecule has 158 valence electrons. The Morgan fingerprint density at radius 3 is 2.80 bits per heavy atom. The first kappa shape index (κ1) is 19.6. The summed E-state index contributed by atoms with van der Waals surface area (Å²) < 4.78 is 19.3. The van der Waals surface area contributed by atoms with Crippen LogP contribution in [0.4, 0.5) is 14.9 Å². The Kier molecular flexibility index (Phi) is 5.47. The Hall–Kier alpha value is -2.40. The number of hydrogen-bond acceptors (Lipinski definition) is 3. The molecule has 1 saturated carbocycles. The van der Waals surface area contributed by atoms with Gasteiger partial charge in [0.2, 0.25) is 0 Å². The number of carbonyl (C=O) groups excluding carboxylic acids is 1. The first-order valence-electron chi connectivity index (χ1n) is 11.2. The fourth-order valence-corrected chi connectivity index (χ4v) is 6.04. The van der Waals surface area contributed by atoms with E-state index in [1.165, 1.54) is 37.0 Å². The average molecular weight is 409 g/mol. The zero-order chi connectivity index (χ0) is 20.5. The molecule has 0 unspecified atom stereocenters. The number of amides is 1. The van der Waals surface area contributed by atoms with Crippen LogP contribution in [-0.4, -0.2) is 35.7 Å². The highest BCUT2D eigenvalue weighted by molar-refractivity contribution is 5.84. The molecule has 2 aliphatic heterocycles. The van der Waals surface area contributed by atoms with Crippen molar-refractivity contribution in [2.75, 3.05) is 11.9 Å². The number of hydrogen-bond donors (Lipinski definition) is 1. The minimum absolute atomic E-state index is 0.0602. The lowest BCUT2D eigenvalue weighted by Gasteiger charge is -2.49. The third-order valence-electron chi connectivity index (χ3n) is 7.26. The number of nitrogens with zero attached hydrogens (tertiary/aromatic N) is 1. The predicted octanol–water partition coefficient (Wildman–Crippen LogP) is 5.25. The van der Waals surface area contributed by atoms with E-state index in [1.54, 1.807) is 12.1 Å². The summed E-state index contributed by atoms with van der Waals surface area (Å²) in [6.07, 6.45) is 6.29. The van der Waals surface area contributed by atoms with Crippen LogP contribution in [0, 0.1) is 17.7 Å². The Labute approximate surface area is 177 Å². The molecule has 30 heavy (non-hydrogen) atoms. The number of anilines is 1. The van der Waals surface area contributed by atoms with Crippen LogP contribution >= 0.6 is 0 Å². The van der Waals surface area contributed by atoms with Gasteiger partial charge in [0.05, 0.1) is 0 Å². The van der Waals surface area contributed by atoms with Crippen molar-refractivity contribution >= 4 is 11.8 Å². The third-order valence-corrected chi connectivity index (χ3v) is 7.26. The highest BCUT2D eigenvalue weighted by Crippen LogP contribution is 2.49. The van der Waals surface area contributed by atoms with Crippen LogP contribution in [0.5, 0.6) is 0 Å². The molecule has 1 amide bonds. The third kappa shape index (κ3) is 3.95. The molecule has 0 spiro atoms. The van der Waals surface area contributed by atoms with Crippen molar-refractivity contribution in [3.05, 3.63) is 66.0 Å². The van der Waals surface area contributed by atoms with Crippen molar-refractivity contribution in [3.8, 4) is 0 Å². The summed E-state index contributed by atoms with van der Waals surface area (Å²) in [4.78, 5) is 15.3. The maximum Gasteiger partial charge on any atom is 0.411 e. The fraction of sp³-hybridized carbons (Fsp3) is 0.480. The number of nitrogens with one attached hydrogen (secondary N) is 1. The normalized spacial score (nSPS) is 30.5. The summed E-state index contributed by atoms with van der Waals surface area (Å²) >= 11 is 0. The van der Waals surface area contributed by atoms with Gasteiger partial charge in [0.15, 0.2) is 0 Å². The molecule has 0 aromatic heterocycles. The van der Waals surface area contributed by atoms with E-state index in [1.807, 2.05) is 0 Å². The molecule has 2 aromatic carbocycles. The molecule has 2 aromatic rings. The van der Waals surface area contributed by atoms with Gasteiger partial charge in [-0.3, -0.25) is 10.2 Å². The summed E-state index contributed by atoms with van der Waals surface area (Å²) in [7, 11) is 0. The average Bonchev–Trinajstić information content (AvgIpc) is 3.11. The Morgan fingerprint density at radius 2 is 1.97 bits per heavy atom. The van der Waals surface area contributed by atoms with Crippen molar-refractivity contribution in [1.29, 1.82) is 0 Å². The molecular formula is C25H29FN2O2. The molecule has 1 N–H and O–H groups in total. The van der Waals surface area contributed by atoms with E-state index in [4.69, 9.17) is 4.74 Å². The molecule has 0 radical (unpaired) electrons. The number of halogens is 1. The Balaban J connectivity index is 1.30. The van der Waals surface area contributed by atoms with Gasteiger partial charge in [-0.15, -0.1) is 0 Å². The molecule has 5 heteroatoms. The molecule has 5 rings (SSSR count). The number of benzene rings is 2. The summed E-state index contributed by atoms with van der Waals surface area (Å²) in [5, 5.41) is 2.70. The topological polar surface area (TPSA) is 41.6 Å². The Morgan fingerprint density at radius 1 is 1.10 bits per heavy atom. The first-order chi connectivity index (χ1) is 14.7. The molecule has 3 fully saturated rings. The van der Waals surface area contributed by atoms with Gasteiger partial charge in [0.25, 0.3) is 0 Å². The zero-order valence-corrected chi connectivity index (χ0v) is 17.2. The van der Waals surface area contributed by atoms with E-state index < -0.39 is 6.09 Å². The molecule has 1 aliphatic carbocycles. The maximum atomic E-state index is 13.4. The summed E-state index contributed by atoms with van der Waals surface area (Å²) in [5.74, 6) is 0.586. The molecular weight excluding hydrogens is 379 g/mol. The van der Waals surface area contributed by atoms with E-state index in [2.05, 4.69) is 40.5 Å². The van der Waals surface area contributed by atoms with Crippen LogP contribution in [0.3, 0.4) is 0 Å². The molecule has 2 heterocycles. The van der Waals surface area contributed by atoms with Crippen LogP contribution in [0.15, 0.2) is 54.6 Å². The summed E-state index contributed by atoms with van der Waals surface area (Å²) in [6.45, 7) is 1.15. The van der Waals surface area contributed by atoms with Crippen LogP contribution in [0.2, 0.25) is 0 Å². The number of carbonyl (C=O) groups is 1. The van der Waals surface area contributed by atoms with Crippen molar-refractivity contribution in [2.24, 2.45) is 11.8 Å². The number of fused-ring (bicyclic) bond motifs is 4. The van der Waals surface area contributed by atoms with E-state index in [-0.39, 0.29) is 11.9 Å². The number of ether oxygens (including phenoxy) is 1. The second-order valence-corrected chi connectivity index (χ2v) is 9.03. The van der Waals surface area contributed by atoms with Crippen molar-refractivity contribution in [3.63, 3.8) is 0 Å². The Bertz CT molecular complexity index is 890. The fourth-order valence-electron chi connectivity index (χ4n) is 6.04. The second kappa shape index (κ2) is 8.38. The highest BCUT2D eigenvalue weighted by Gasteiger charge is 2.52. The quantitative estimate of drug-likeness (QED) is 0.751. The molecule has 2 bridgehead atoms. The van der Waals surface area contributed by atoms with E-state index in [9.17, 15) is 9.18 Å². The van der Waals surface area contributed by atoms with Crippen LogP contribution in [-0.2, 0) is 11.2 Å². The lowest BCUT2D eigenvalue weighted by molar-refractivity contribution is -0.0144. The molecule has 3 aliphatic rings. The van der Waals surface area contributed by atoms with Gasteiger partial charge >= 0.3 is 6.09 Å². The van der Waals surface area contributed by atoms with Crippen molar-refractivity contribution in [1.82, 2.24) is 4.90 Å². The summed E-state index contributed by atoms with van der Waals surface area (Å²) in [6, 6.07) is 17.7. The standard InChI is InChI=1S/C25H29FN2O2/c26-19-9-6-10-20(16-19)27-25(29)30-24-15-18-14-21(24)22-11-4-5-12-28(22)23(18)13-17-7-2-1-3-8-17/h1-3,6-10,16,18,21-24H,4-5,11-15H2,(H,27,29)/t18-,21-,22-,23+,24-/m1/s1. The maximum absolute atomic E-state index is 13.4. The zero-order valence-electron chi connectivity index (χ0n) is 17.2. The van der Waals surface area contributed by atoms with Gasteiger partial charge in [-0.2, -0.15) is 0 Å². The van der Waals surface area contributed by atoms with E-state index >= 15 is 0 Å². The lowest BCUT2D eigenvalue weighted by Crippen LogP contribution is -2.55. The van der Waals surface area contributed by atoms with Gasteiger partial charge in [0, 0.05) is 23.7 Å². The van der Waals surface area contributed by atoms with E-state index in [0.717, 1.165) is 25.8 Å². The van der Waals surface area contributed by atoms with Crippen molar-refractivity contribution in [2.45, 2.75) is 56.7 Å². The minimum atomic E-state index is -0.472. The van der Waals surface area contributed by atoms with Crippen LogP contribution in [0.25, 0.3) is 0 Å². The van der Waals surface area contributed by atoms with Gasteiger partial charge in [-0.05, 0) is 68.3 Å². The van der Waals surface area contributed by atoms with Crippen LogP contribution < -0.4 is 5.32 Å². The predicted molar refractivity (Wildman–Crippen MR) is 115 cm³/mol. The van der Waals surface area contributed by atoms with Crippen molar-refractivity contribution < 1.29 is 13.9 Å². The largest absolute Gasteiger partial charge is 0.446 e. The first-order valence-corrected chi connectivity index (χ1v) is 11.2. The monoisotopic (exact) mass is 408 g/mol. The van der Waals surface area contributed by atoms with Gasteiger partial charge in [0.1, 0.15) is 11.9 Å². The van der Waals surface area contributed by atoms with Gasteiger partial charge < -0.3 is 4.74 Å². The van der Waals surface area contributed by atoms with Gasteiger partial charge in [-0.1, -0.05) is 42.8 Å². The highest BCUT2D eigenvalue weighted by atomic mass is 19.1. The molecule has 5 atom stereocenters.